The summed E-state index contributed by atoms with van der Waals surface area (Å²) in [6, 6.07) is 10.4. The van der Waals surface area contributed by atoms with E-state index in [-0.39, 0.29) is 23.9 Å². The largest absolute Gasteiger partial charge is 0.355 e. The van der Waals surface area contributed by atoms with Gasteiger partial charge in [0.15, 0.2) is 0 Å². The quantitative estimate of drug-likeness (QED) is 0.780. The molecule has 28 heavy (non-hydrogen) atoms. The summed E-state index contributed by atoms with van der Waals surface area (Å²) in [5.41, 5.74) is 0.631. The fraction of sp³-hybridized carbons (Fsp3) is 0.500. The summed E-state index contributed by atoms with van der Waals surface area (Å²) in [6.07, 6.45) is 6.43. The lowest BCUT2D eigenvalue weighted by atomic mass is 9.69. The lowest BCUT2D eigenvalue weighted by Gasteiger charge is -2.36. The first-order chi connectivity index (χ1) is 13.6. The molecule has 6 heteroatoms. The van der Waals surface area contributed by atoms with Crippen LogP contribution in [0.2, 0.25) is 0 Å². The Morgan fingerprint density at radius 2 is 2.11 bits per heavy atom. The summed E-state index contributed by atoms with van der Waals surface area (Å²) >= 11 is 1.61. The van der Waals surface area contributed by atoms with Crippen LogP contribution in [0.4, 0.5) is 0 Å². The van der Waals surface area contributed by atoms with Crippen LogP contribution >= 0.6 is 11.3 Å². The molecular formula is C22H27N3O2S. The molecule has 5 nitrogen and oxygen atoms in total. The molecule has 3 atom stereocenters. The number of rotatable bonds is 7. The molecule has 0 saturated carbocycles. The molecule has 4 rings (SSSR count). The predicted octanol–water partition coefficient (Wildman–Crippen LogP) is 3.20. The van der Waals surface area contributed by atoms with E-state index in [4.69, 9.17) is 0 Å². The Morgan fingerprint density at radius 1 is 1.29 bits per heavy atom. The van der Waals surface area contributed by atoms with Gasteiger partial charge in [0.05, 0.1) is 10.4 Å². The van der Waals surface area contributed by atoms with E-state index in [1.165, 1.54) is 0 Å². The predicted molar refractivity (Wildman–Crippen MR) is 110 cm³/mol. The minimum absolute atomic E-state index is 0.00465. The number of benzene rings is 1. The highest BCUT2D eigenvalue weighted by molar-refractivity contribution is 7.09. The van der Waals surface area contributed by atoms with Gasteiger partial charge in [-0.15, -0.1) is 11.3 Å². The Bertz CT molecular complexity index is 824. The molecule has 3 heterocycles. The summed E-state index contributed by atoms with van der Waals surface area (Å²) in [6.45, 7) is 2.50. The van der Waals surface area contributed by atoms with E-state index in [9.17, 15) is 9.59 Å². The van der Waals surface area contributed by atoms with Crippen molar-refractivity contribution in [3.8, 4) is 0 Å². The zero-order chi connectivity index (χ0) is 19.6. The van der Waals surface area contributed by atoms with Crippen molar-refractivity contribution in [3.05, 3.63) is 52.5 Å². The van der Waals surface area contributed by atoms with Crippen molar-refractivity contribution in [3.63, 3.8) is 0 Å². The van der Waals surface area contributed by atoms with Crippen LogP contribution < -0.4 is 5.32 Å². The number of amides is 2. The lowest BCUT2D eigenvalue weighted by molar-refractivity contribution is -0.136. The maximum absolute atomic E-state index is 13.5. The van der Waals surface area contributed by atoms with E-state index >= 15 is 0 Å². The Balaban J connectivity index is 1.55. The zero-order valence-corrected chi connectivity index (χ0v) is 17.1. The van der Waals surface area contributed by atoms with E-state index < -0.39 is 5.41 Å². The van der Waals surface area contributed by atoms with Crippen molar-refractivity contribution < 1.29 is 9.59 Å². The molecule has 1 aromatic carbocycles. The SMILES string of the molecule is CCC(=O)N1[C@H]2CC[C@@H]1[C@](Cc1ccccc1)(C(=O)NCCc1nccs1)C2. The normalized spacial score (nSPS) is 25.8. The number of fused-ring (bicyclic) bond motifs is 2. The minimum Gasteiger partial charge on any atom is -0.355 e. The number of hydrogen-bond donors (Lipinski definition) is 1. The van der Waals surface area contributed by atoms with Crippen LogP contribution in [0, 0.1) is 5.41 Å². The summed E-state index contributed by atoms with van der Waals surface area (Å²) in [4.78, 5) is 32.4. The fourth-order valence-electron chi connectivity index (χ4n) is 5.05. The van der Waals surface area contributed by atoms with Crippen molar-refractivity contribution in [2.75, 3.05) is 6.54 Å². The van der Waals surface area contributed by atoms with Crippen molar-refractivity contribution >= 4 is 23.2 Å². The summed E-state index contributed by atoms with van der Waals surface area (Å²) < 4.78 is 0. The molecule has 2 bridgehead atoms. The van der Waals surface area contributed by atoms with Crippen molar-refractivity contribution in [2.24, 2.45) is 5.41 Å². The Morgan fingerprint density at radius 3 is 2.82 bits per heavy atom. The van der Waals surface area contributed by atoms with Crippen molar-refractivity contribution in [1.29, 1.82) is 0 Å². The topological polar surface area (TPSA) is 62.3 Å². The third-order valence-corrected chi connectivity index (χ3v) is 7.09. The Labute approximate surface area is 170 Å². The van der Waals surface area contributed by atoms with Crippen LogP contribution in [0.5, 0.6) is 0 Å². The number of nitrogens with zero attached hydrogens (tertiary/aromatic N) is 2. The summed E-state index contributed by atoms with van der Waals surface area (Å²) in [5.74, 6) is 0.270. The molecule has 0 radical (unpaired) electrons. The maximum Gasteiger partial charge on any atom is 0.228 e. The first-order valence-electron chi connectivity index (χ1n) is 10.2. The number of nitrogens with one attached hydrogen (secondary N) is 1. The third-order valence-electron chi connectivity index (χ3n) is 6.25. The van der Waals surface area contributed by atoms with Crippen LogP contribution in [0.1, 0.15) is 43.2 Å². The first-order valence-corrected chi connectivity index (χ1v) is 11.0. The second-order valence-corrected chi connectivity index (χ2v) is 8.84. The van der Waals surface area contributed by atoms with Gasteiger partial charge in [0.2, 0.25) is 11.8 Å². The molecule has 2 aliphatic heterocycles. The highest BCUT2D eigenvalue weighted by atomic mass is 32.1. The van der Waals surface area contributed by atoms with Gasteiger partial charge in [-0.05, 0) is 31.2 Å². The second-order valence-electron chi connectivity index (χ2n) is 7.86. The molecule has 2 aliphatic rings. The smallest absolute Gasteiger partial charge is 0.228 e. The van der Waals surface area contributed by atoms with Crippen LogP contribution in [-0.2, 0) is 22.4 Å². The number of carbonyl (C=O) groups is 2. The molecule has 148 valence electrons. The van der Waals surface area contributed by atoms with Gasteiger partial charge in [0.1, 0.15) is 0 Å². The number of aromatic nitrogens is 1. The molecule has 0 spiro atoms. The van der Waals surface area contributed by atoms with E-state index in [2.05, 4.69) is 22.4 Å². The molecular weight excluding hydrogens is 370 g/mol. The Kier molecular flexibility index (Phi) is 5.49. The molecule has 1 N–H and O–H groups in total. The zero-order valence-electron chi connectivity index (χ0n) is 16.3. The third kappa shape index (κ3) is 3.46. The lowest BCUT2D eigenvalue weighted by Crippen LogP contribution is -2.51. The van der Waals surface area contributed by atoms with E-state index in [1.54, 1.807) is 17.5 Å². The van der Waals surface area contributed by atoms with Gasteiger partial charge in [-0.1, -0.05) is 37.3 Å². The average molecular weight is 398 g/mol. The van der Waals surface area contributed by atoms with Crippen LogP contribution in [0.25, 0.3) is 0 Å². The number of hydrogen-bond acceptors (Lipinski definition) is 4. The van der Waals surface area contributed by atoms with E-state index in [0.29, 0.717) is 19.4 Å². The first kappa shape index (κ1) is 19.1. The number of thiazole rings is 1. The van der Waals surface area contributed by atoms with Gasteiger partial charge in [0, 0.05) is 43.0 Å². The van der Waals surface area contributed by atoms with Crippen molar-refractivity contribution in [2.45, 2.75) is 57.5 Å². The molecule has 2 saturated heterocycles. The molecule has 2 fully saturated rings. The van der Waals surface area contributed by atoms with Gasteiger partial charge >= 0.3 is 0 Å². The maximum atomic E-state index is 13.5. The Hall–Kier alpha value is -2.21. The fourth-order valence-corrected chi connectivity index (χ4v) is 5.67. The molecule has 1 aromatic heterocycles. The van der Waals surface area contributed by atoms with Crippen LogP contribution in [0.15, 0.2) is 41.9 Å². The minimum atomic E-state index is -0.530. The monoisotopic (exact) mass is 397 g/mol. The van der Waals surface area contributed by atoms with Crippen molar-refractivity contribution in [1.82, 2.24) is 15.2 Å². The molecule has 2 amide bonds. The van der Waals surface area contributed by atoms with Gasteiger partial charge in [-0.25, -0.2) is 4.98 Å². The standard InChI is InChI=1S/C22H27N3O2S/c1-2-20(26)25-17-8-9-18(25)22(15-17,14-16-6-4-3-5-7-16)21(27)24-11-10-19-23-12-13-28-19/h3-7,12-13,17-18H,2,8-11,14-15H2,1H3,(H,24,27)/t17-,18+,22+/m0/s1. The second kappa shape index (κ2) is 8.03. The van der Waals surface area contributed by atoms with Gasteiger partial charge in [-0.2, -0.15) is 0 Å². The highest BCUT2D eigenvalue weighted by Crippen LogP contribution is 2.52. The molecule has 0 unspecified atom stereocenters. The molecule has 0 aliphatic carbocycles. The van der Waals surface area contributed by atoms with Crippen LogP contribution in [-0.4, -0.2) is 40.3 Å². The number of carbonyl (C=O) groups excluding carboxylic acids is 2. The van der Waals surface area contributed by atoms with E-state index in [1.807, 2.05) is 35.4 Å². The average Bonchev–Trinajstić information content (AvgIpc) is 3.44. The molecule has 2 aromatic rings. The van der Waals surface area contributed by atoms with Gasteiger partial charge in [-0.3, -0.25) is 9.59 Å². The van der Waals surface area contributed by atoms with Crippen LogP contribution in [0.3, 0.4) is 0 Å². The van der Waals surface area contributed by atoms with E-state index in [0.717, 1.165) is 36.3 Å². The summed E-state index contributed by atoms with van der Waals surface area (Å²) in [5, 5.41) is 6.17. The summed E-state index contributed by atoms with van der Waals surface area (Å²) in [7, 11) is 0. The van der Waals surface area contributed by atoms with Gasteiger partial charge in [0.25, 0.3) is 0 Å². The highest BCUT2D eigenvalue weighted by Gasteiger charge is 2.60. The van der Waals surface area contributed by atoms with Gasteiger partial charge < -0.3 is 10.2 Å².